The maximum atomic E-state index is 13.6. The zero-order valence-corrected chi connectivity index (χ0v) is 13.4. The third-order valence-corrected chi connectivity index (χ3v) is 4.56. The third kappa shape index (κ3) is 3.79. The Morgan fingerprint density at radius 2 is 1.87 bits per heavy atom. The fourth-order valence-corrected chi connectivity index (χ4v) is 3.21. The first kappa shape index (κ1) is 15.7. The van der Waals surface area contributed by atoms with Crippen molar-refractivity contribution in [2.75, 3.05) is 0 Å². The molecule has 1 N–H and O–H groups in total. The highest BCUT2D eigenvalue weighted by atomic mass is 19.1. The normalized spacial score (nSPS) is 14.9. The first-order valence-corrected chi connectivity index (χ1v) is 8.28. The summed E-state index contributed by atoms with van der Waals surface area (Å²) in [5.74, 6) is -0.482. The van der Waals surface area contributed by atoms with Gasteiger partial charge in [-0.15, -0.1) is 0 Å². The first-order chi connectivity index (χ1) is 11.1. The summed E-state index contributed by atoms with van der Waals surface area (Å²) in [7, 11) is 0. The van der Waals surface area contributed by atoms with Gasteiger partial charge in [0.1, 0.15) is 5.82 Å². The van der Waals surface area contributed by atoms with Crippen molar-refractivity contribution in [3.05, 3.63) is 70.5 Å². The van der Waals surface area contributed by atoms with Crippen LogP contribution < -0.4 is 5.32 Å². The summed E-state index contributed by atoms with van der Waals surface area (Å²) < 4.78 is 13.6. The van der Waals surface area contributed by atoms with E-state index in [2.05, 4.69) is 23.5 Å². The van der Waals surface area contributed by atoms with E-state index in [0.717, 1.165) is 18.4 Å². The number of carbonyl (C=O) groups is 1. The zero-order chi connectivity index (χ0) is 16.2. The van der Waals surface area contributed by atoms with Crippen LogP contribution in [0, 0.1) is 5.82 Å². The number of rotatable bonds is 4. The molecular weight excluding hydrogens is 289 g/mol. The summed E-state index contributed by atoms with van der Waals surface area (Å²) in [4.78, 5) is 12.2. The van der Waals surface area contributed by atoms with Crippen molar-refractivity contribution in [1.29, 1.82) is 0 Å². The molecule has 2 aromatic rings. The lowest BCUT2D eigenvalue weighted by Crippen LogP contribution is -2.28. The summed E-state index contributed by atoms with van der Waals surface area (Å²) in [6.45, 7) is 1.98. The number of amides is 1. The van der Waals surface area contributed by atoms with Gasteiger partial charge in [-0.2, -0.15) is 0 Å². The zero-order valence-electron chi connectivity index (χ0n) is 13.4. The van der Waals surface area contributed by atoms with E-state index in [1.165, 1.54) is 30.0 Å². The molecule has 3 heteroatoms. The Morgan fingerprint density at radius 3 is 2.65 bits per heavy atom. The van der Waals surface area contributed by atoms with Gasteiger partial charge in [0.25, 0.3) is 0 Å². The molecule has 0 saturated heterocycles. The Morgan fingerprint density at radius 1 is 1.13 bits per heavy atom. The number of benzene rings is 2. The number of carbonyl (C=O) groups excluding carboxylic acids is 1. The molecule has 0 radical (unpaired) electrons. The van der Waals surface area contributed by atoms with E-state index in [1.54, 1.807) is 18.2 Å². The third-order valence-electron chi connectivity index (χ3n) is 4.56. The molecular formula is C20H22FNO. The summed E-state index contributed by atoms with van der Waals surface area (Å²) in [6.07, 6.45) is 4.86. The molecule has 1 unspecified atom stereocenters. The monoisotopic (exact) mass is 311 g/mol. The largest absolute Gasteiger partial charge is 0.349 e. The number of hydrogen-bond acceptors (Lipinski definition) is 1. The van der Waals surface area contributed by atoms with E-state index >= 15 is 0 Å². The average Bonchev–Trinajstić information content (AvgIpc) is 2.56. The Kier molecular flexibility index (Phi) is 4.75. The first-order valence-electron chi connectivity index (χ1n) is 8.28. The van der Waals surface area contributed by atoms with Gasteiger partial charge in [-0.25, -0.2) is 4.39 Å². The molecule has 2 aromatic carbocycles. The molecule has 0 aliphatic heterocycles. The second-order valence-corrected chi connectivity index (χ2v) is 6.29. The van der Waals surface area contributed by atoms with Crippen LogP contribution in [0.15, 0.2) is 42.5 Å². The summed E-state index contributed by atoms with van der Waals surface area (Å²) in [5, 5.41) is 2.97. The fraction of sp³-hybridized carbons (Fsp3) is 0.350. The molecule has 0 saturated carbocycles. The van der Waals surface area contributed by atoms with E-state index in [9.17, 15) is 9.18 Å². The van der Waals surface area contributed by atoms with E-state index in [-0.39, 0.29) is 24.2 Å². The second-order valence-electron chi connectivity index (χ2n) is 6.29. The van der Waals surface area contributed by atoms with Crippen LogP contribution in [0.5, 0.6) is 0 Å². The molecule has 1 aliphatic rings. The Balaban J connectivity index is 1.65. The van der Waals surface area contributed by atoms with Crippen LogP contribution in [0.1, 0.15) is 48.1 Å². The molecule has 0 bridgehead atoms. The highest BCUT2D eigenvalue weighted by Gasteiger charge is 2.15. The van der Waals surface area contributed by atoms with Gasteiger partial charge >= 0.3 is 0 Å². The van der Waals surface area contributed by atoms with Crippen LogP contribution >= 0.6 is 0 Å². The lowest BCUT2D eigenvalue weighted by molar-refractivity contribution is -0.121. The maximum Gasteiger partial charge on any atom is 0.225 e. The van der Waals surface area contributed by atoms with Gasteiger partial charge in [0.05, 0.1) is 12.5 Å². The van der Waals surface area contributed by atoms with Crippen molar-refractivity contribution in [3.8, 4) is 0 Å². The molecule has 0 aromatic heterocycles. The molecule has 0 fully saturated rings. The molecule has 23 heavy (non-hydrogen) atoms. The van der Waals surface area contributed by atoms with Crippen molar-refractivity contribution in [3.63, 3.8) is 0 Å². The van der Waals surface area contributed by atoms with Gasteiger partial charge in [-0.1, -0.05) is 36.4 Å². The van der Waals surface area contributed by atoms with Crippen LogP contribution in [0.2, 0.25) is 0 Å². The Bertz CT molecular complexity index is 711. The molecule has 3 rings (SSSR count). The molecule has 120 valence electrons. The number of halogens is 1. The van der Waals surface area contributed by atoms with Crippen LogP contribution in [-0.2, 0) is 24.1 Å². The lowest BCUT2D eigenvalue weighted by Gasteiger charge is -2.20. The molecule has 0 spiro atoms. The SMILES string of the molecule is CC(NC(=O)Cc1ccccc1F)c1ccc2c(c1)CCCC2. The number of hydrogen-bond donors (Lipinski definition) is 1. The number of fused-ring (bicyclic) bond motifs is 1. The fourth-order valence-electron chi connectivity index (χ4n) is 3.21. The topological polar surface area (TPSA) is 29.1 Å². The van der Waals surface area contributed by atoms with Crippen molar-refractivity contribution >= 4 is 5.91 Å². The minimum Gasteiger partial charge on any atom is -0.349 e. The van der Waals surface area contributed by atoms with Gasteiger partial charge in [0.2, 0.25) is 5.91 Å². The van der Waals surface area contributed by atoms with E-state index < -0.39 is 0 Å². The van der Waals surface area contributed by atoms with Gasteiger partial charge in [0.15, 0.2) is 0 Å². The van der Waals surface area contributed by atoms with Crippen LogP contribution in [0.25, 0.3) is 0 Å². The minimum absolute atomic E-state index is 0.0681. The Labute approximate surface area is 136 Å². The minimum atomic E-state index is -0.330. The van der Waals surface area contributed by atoms with Crippen LogP contribution in [0.3, 0.4) is 0 Å². The van der Waals surface area contributed by atoms with E-state index in [0.29, 0.717) is 5.56 Å². The molecule has 0 heterocycles. The second kappa shape index (κ2) is 6.95. The quantitative estimate of drug-likeness (QED) is 0.904. The molecule has 1 atom stereocenters. The molecule has 2 nitrogen and oxygen atoms in total. The molecule has 1 amide bonds. The standard InChI is InChI=1S/C20H22FNO/c1-14(16-11-10-15-6-2-3-7-17(15)12-16)22-20(23)13-18-8-4-5-9-19(18)21/h4-5,8-12,14H,2-3,6-7,13H2,1H3,(H,22,23). The van der Waals surface area contributed by atoms with Gasteiger partial charge in [0, 0.05) is 0 Å². The smallest absolute Gasteiger partial charge is 0.225 e. The highest BCUT2D eigenvalue weighted by molar-refractivity contribution is 5.79. The summed E-state index contributed by atoms with van der Waals surface area (Å²) in [5.41, 5.74) is 4.39. The van der Waals surface area contributed by atoms with Crippen molar-refractivity contribution < 1.29 is 9.18 Å². The average molecular weight is 311 g/mol. The van der Waals surface area contributed by atoms with E-state index in [4.69, 9.17) is 0 Å². The molecule has 1 aliphatic carbocycles. The van der Waals surface area contributed by atoms with Gasteiger partial charge in [-0.3, -0.25) is 4.79 Å². The summed E-state index contributed by atoms with van der Waals surface area (Å²) >= 11 is 0. The van der Waals surface area contributed by atoms with Crippen molar-refractivity contribution in [2.45, 2.75) is 45.1 Å². The predicted octanol–water partition coefficient (Wildman–Crippen LogP) is 4.12. The van der Waals surface area contributed by atoms with Crippen molar-refractivity contribution in [2.24, 2.45) is 0 Å². The van der Waals surface area contributed by atoms with Gasteiger partial charge < -0.3 is 5.32 Å². The number of nitrogens with one attached hydrogen (secondary N) is 1. The van der Waals surface area contributed by atoms with Crippen LogP contribution in [-0.4, -0.2) is 5.91 Å². The van der Waals surface area contributed by atoms with Gasteiger partial charge in [-0.05, 0) is 60.9 Å². The maximum absolute atomic E-state index is 13.6. The van der Waals surface area contributed by atoms with Crippen LogP contribution in [0.4, 0.5) is 4.39 Å². The van der Waals surface area contributed by atoms with E-state index in [1.807, 2.05) is 6.92 Å². The highest BCUT2D eigenvalue weighted by Crippen LogP contribution is 2.24. The Hall–Kier alpha value is -2.16. The van der Waals surface area contributed by atoms with Crippen molar-refractivity contribution in [1.82, 2.24) is 5.32 Å². The predicted molar refractivity (Wildman–Crippen MR) is 89.7 cm³/mol. The lowest BCUT2D eigenvalue weighted by atomic mass is 9.89. The number of aryl methyl sites for hydroxylation is 2. The summed E-state index contributed by atoms with van der Waals surface area (Å²) in [6, 6.07) is 12.8.